The average molecular weight is 283 g/mol. The maximum absolute atomic E-state index is 5.61. The van der Waals surface area contributed by atoms with Crippen LogP contribution >= 0.6 is 0 Å². The Morgan fingerprint density at radius 3 is 2.85 bits per heavy atom. The summed E-state index contributed by atoms with van der Waals surface area (Å²) in [6, 6.07) is 2.73. The third kappa shape index (κ3) is 6.05. The van der Waals surface area contributed by atoms with Crippen molar-refractivity contribution in [3.8, 4) is 0 Å². The molecule has 5 heteroatoms. The molecule has 1 aromatic rings. The zero-order chi connectivity index (χ0) is 14.0. The van der Waals surface area contributed by atoms with Crippen molar-refractivity contribution >= 4 is 0 Å². The summed E-state index contributed by atoms with van der Waals surface area (Å²) in [4.78, 5) is 0. The molecule has 1 saturated carbocycles. The van der Waals surface area contributed by atoms with E-state index < -0.39 is 0 Å². The first kappa shape index (κ1) is 15.5. The van der Waals surface area contributed by atoms with Gasteiger partial charge < -0.3 is 23.9 Å². The van der Waals surface area contributed by atoms with Crippen molar-refractivity contribution in [1.29, 1.82) is 0 Å². The molecule has 1 heterocycles. The van der Waals surface area contributed by atoms with Gasteiger partial charge in [0.25, 0.3) is 0 Å². The molecule has 0 bridgehead atoms. The highest BCUT2D eigenvalue weighted by Gasteiger charge is 2.20. The van der Waals surface area contributed by atoms with Gasteiger partial charge in [-0.2, -0.15) is 0 Å². The van der Waals surface area contributed by atoms with Crippen molar-refractivity contribution in [2.24, 2.45) is 0 Å². The largest absolute Gasteiger partial charge is 0.467 e. The Hall–Kier alpha value is -0.880. The number of ether oxygens (including phenoxy) is 3. The number of rotatable bonds is 12. The minimum Gasteiger partial charge on any atom is -0.467 e. The first-order valence-corrected chi connectivity index (χ1v) is 7.33. The summed E-state index contributed by atoms with van der Waals surface area (Å²) in [6.07, 6.45) is 5.22. The van der Waals surface area contributed by atoms with Crippen LogP contribution < -0.4 is 5.32 Å². The molecular weight excluding hydrogens is 258 g/mol. The van der Waals surface area contributed by atoms with Crippen molar-refractivity contribution in [3.63, 3.8) is 0 Å². The van der Waals surface area contributed by atoms with E-state index in [9.17, 15) is 0 Å². The Kier molecular flexibility index (Phi) is 7.08. The molecule has 1 aliphatic carbocycles. The smallest absolute Gasteiger partial charge is 0.133 e. The Morgan fingerprint density at radius 2 is 2.05 bits per heavy atom. The fourth-order valence-corrected chi connectivity index (χ4v) is 1.87. The van der Waals surface area contributed by atoms with E-state index >= 15 is 0 Å². The predicted octanol–water partition coefficient (Wildman–Crippen LogP) is 2.10. The molecule has 1 N–H and O–H groups in total. The summed E-state index contributed by atoms with van der Waals surface area (Å²) in [5.41, 5.74) is 1.20. The van der Waals surface area contributed by atoms with Gasteiger partial charge in [0.05, 0.1) is 19.5 Å². The van der Waals surface area contributed by atoms with Crippen LogP contribution in [0.15, 0.2) is 16.7 Å². The first-order chi connectivity index (χ1) is 9.90. The highest BCUT2D eigenvalue weighted by Crippen LogP contribution is 2.20. The van der Waals surface area contributed by atoms with Crippen LogP contribution in [0.4, 0.5) is 0 Å². The molecule has 0 aromatic carbocycles. The molecule has 1 aromatic heterocycles. The quantitative estimate of drug-likeness (QED) is 0.595. The van der Waals surface area contributed by atoms with E-state index in [1.807, 2.05) is 6.07 Å². The van der Waals surface area contributed by atoms with Gasteiger partial charge in [-0.25, -0.2) is 0 Å². The highest BCUT2D eigenvalue weighted by molar-refractivity contribution is 5.16. The molecule has 114 valence electrons. The Morgan fingerprint density at radius 1 is 1.20 bits per heavy atom. The van der Waals surface area contributed by atoms with Gasteiger partial charge in [0.2, 0.25) is 0 Å². The number of nitrogens with one attached hydrogen (secondary N) is 1. The molecule has 0 spiro atoms. The van der Waals surface area contributed by atoms with E-state index in [2.05, 4.69) is 5.32 Å². The lowest BCUT2D eigenvalue weighted by molar-refractivity contribution is 0.0451. The third-order valence-corrected chi connectivity index (χ3v) is 3.24. The average Bonchev–Trinajstić information content (AvgIpc) is 3.19. The minimum absolute atomic E-state index is 0.534. The van der Waals surface area contributed by atoms with Crippen LogP contribution in [0, 0.1) is 0 Å². The Bertz CT molecular complexity index is 363. The molecular formula is C15H25NO4. The summed E-state index contributed by atoms with van der Waals surface area (Å²) in [6.45, 7) is 4.09. The van der Waals surface area contributed by atoms with Gasteiger partial charge in [-0.3, -0.25) is 0 Å². The molecule has 0 atom stereocenters. The van der Waals surface area contributed by atoms with Crippen LogP contribution in [0.25, 0.3) is 0 Å². The summed E-state index contributed by atoms with van der Waals surface area (Å²) >= 11 is 0. The number of furan rings is 1. The highest BCUT2D eigenvalue weighted by atomic mass is 16.5. The standard InChI is InChI=1S/C15H25NO4/c1-17-9-10-18-6-2-7-19-12-15-13(5-8-20-15)11-16-14-3-4-14/h5,8,14,16H,2-4,6-7,9-12H2,1H3. The van der Waals surface area contributed by atoms with Gasteiger partial charge in [-0.15, -0.1) is 0 Å². The van der Waals surface area contributed by atoms with Crippen molar-refractivity contribution in [2.75, 3.05) is 33.5 Å². The maximum Gasteiger partial charge on any atom is 0.133 e. The van der Waals surface area contributed by atoms with E-state index in [-0.39, 0.29) is 0 Å². The zero-order valence-electron chi connectivity index (χ0n) is 12.2. The van der Waals surface area contributed by atoms with Gasteiger partial charge >= 0.3 is 0 Å². The second-order valence-electron chi connectivity index (χ2n) is 5.04. The molecule has 20 heavy (non-hydrogen) atoms. The molecule has 1 aliphatic rings. The molecule has 0 amide bonds. The summed E-state index contributed by atoms with van der Waals surface area (Å²) in [5.74, 6) is 0.929. The lowest BCUT2D eigenvalue weighted by atomic mass is 10.2. The Balaban J connectivity index is 1.51. The number of methoxy groups -OCH3 is 1. The van der Waals surface area contributed by atoms with Crippen LogP contribution in [0.2, 0.25) is 0 Å². The van der Waals surface area contributed by atoms with Crippen LogP contribution in [-0.4, -0.2) is 39.6 Å². The van der Waals surface area contributed by atoms with Crippen LogP contribution in [-0.2, 0) is 27.4 Å². The van der Waals surface area contributed by atoms with Gasteiger partial charge in [-0.05, 0) is 25.3 Å². The maximum atomic E-state index is 5.61. The topological polar surface area (TPSA) is 52.9 Å². The summed E-state index contributed by atoms with van der Waals surface area (Å²) in [7, 11) is 1.67. The van der Waals surface area contributed by atoms with Crippen LogP contribution in [0.3, 0.4) is 0 Å². The van der Waals surface area contributed by atoms with E-state index in [4.69, 9.17) is 18.6 Å². The fourth-order valence-electron chi connectivity index (χ4n) is 1.87. The van der Waals surface area contributed by atoms with Crippen molar-refractivity contribution in [1.82, 2.24) is 5.32 Å². The molecule has 0 saturated heterocycles. The van der Waals surface area contributed by atoms with Crippen molar-refractivity contribution in [3.05, 3.63) is 23.7 Å². The van der Waals surface area contributed by atoms with Gasteiger partial charge in [-0.1, -0.05) is 0 Å². The lowest BCUT2D eigenvalue weighted by Crippen LogP contribution is -2.16. The van der Waals surface area contributed by atoms with Crippen molar-refractivity contribution in [2.45, 2.75) is 38.5 Å². The van der Waals surface area contributed by atoms with E-state index in [1.165, 1.54) is 18.4 Å². The SMILES string of the molecule is COCCOCCCOCc1occc1CNC1CC1. The number of hydrogen-bond donors (Lipinski definition) is 1. The van der Waals surface area contributed by atoms with E-state index in [1.54, 1.807) is 13.4 Å². The molecule has 5 nitrogen and oxygen atoms in total. The van der Waals surface area contributed by atoms with Gasteiger partial charge in [0, 0.05) is 38.5 Å². The summed E-state index contributed by atoms with van der Waals surface area (Å²) in [5, 5.41) is 3.48. The minimum atomic E-state index is 0.534. The van der Waals surface area contributed by atoms with E-state index in [0.29, 0.717) is 39.1 Å². The molecule has 0 aliphatic heterocycles. The molecule has 1 fully saturated rings. The van der Waals surface area contributed by atoms with Crippen LogP contribution in [0.5, 0.6) is 0 Å². The second-order valence-corrected chi connectivity index (χ2v) is 5.04. The van der Waals surface area contributed by atoms with Gasteiger partial charge in [0.15, 0.2) is 0 Å². The Labute approximate surface area is 120 Å². The molecule has 0 unspecified atom stereocenters. The van der Waals surface area contributed by atoms with Crippen LogP contribution in [0.1, 0.15) is 30.6 Å². The fraction of sp³-hybridized carbons (Fsp3) is 0.733. The predicted molar refractivity (Wildman–Crippen MR) is 75.5 cm³/mol. The summed E-state index contributed by atoms with van der Waals surface area (Å²) < 4.78 is 21.3. The zero-order valence-corrected chi connectivity index (χ0v) is 12.2. The first-order valence-electron chi connectivity index (χ1n) is 7.33. The lowest BCUT2D eigenvalue weighted by Gasteiger charge is -2.06. The second kappa shape index (κ2) is 9.13. The molecule has 2 rings (SSSR count). The number of hydrogen-bond acceptors (Lipinski definition) is 5. The monoisotopic (exact) mass is 283 g/mol. The van der Waals surface area contributed by atoms with Gasteiger partial charge in [0.1, 0.15) is 12.4 Å². The third-order valence-electron chi connectivity index (χ3n) is 3.24. The normalized spacial score (nSPS) is 14.8. The van der Waals surface area contributed by atoms with E-state index in [0.717, 1.165) is 18.7 Å². The molecule has 0 radical (unpaired) electrons. The van der Waals surface area contributed by atoms with Crippen molar-refractivity contribution < 1.29 is 18.6 Å².